The average molecular weight is 277 g/mol. The molecule has 0 bridgehead atoms. The van der Waals surface area contributed by atoms with Gasteiger partial charge in [0.2, 0.25) is 5.16 Å². The molecule has 0 saturated carbocycles. The first kappa shape index (κ1) is 13.9. The molecule has 2 rings (SSSR count). The first-order valence-corrected chi connectivity index (χ1v) is 7.19. The third-order valence-electron chi connectivity index (χ3n) is 2.71. The molecule has 2 heterocycles. The van der Waals surface area contributed by atoms with E-state index in [4.69, 9.17) is 5.84 Å². The summed E-state index contributed by atoms with van der Waals surface area (Å²) >= 11 is 1.62. The highest BCUT2D eigenvalue weighted by Crippen LogP contribution is 2.23. The number of rotatable bonds is 4. The lowest BCUT2D eigenvalue weighted by Gasteiger charge is -2.16. The number of pyridine rings is 1. The van der Waals surface area contributed by atoms with Crippen LogP contribution in [-0.2, 0) is 11.8 Å². The predicted octanol–water partition coefficient (Wildman–Crippen LogP) is 2.02. The highest BCUT2D eigenvalue weighted by Gasteiger charge is 2.22. The number of hydrogen-bond donors (Lipinski definition) is 1. The average Bonchev–Trinajstić information content (AvgIpc) is 2.72. The van der Waals surface area contributed by atoms with Gasteiger partial charge in [-0.2, -0.15) is 0 Å². The molecule has 0 aliphatic carbocycles. The predicted molar refractivity (Wildman–Crippen MR) is 77.5 cm³/mol. The minimum absolute atomic E-state index is 0.0916. The van der Waals surface area contributed by atoms with E-state index in [0.29, 0.717) is 0 Å². The Hall–Kier alpha value is -1.56. The largest absolute Gasteiger partial charge is 0.336 e. The van der Waals surface area contributed by atoms with Crippen LogP contribution in [-0.4, -0.2) is 25.6 Å². The molecule has 5 nitrogen and oxygen atoms in total. The molecule has 0 atom stereocenters. The van der Waals surface area contributed by atoms with Crippen molar-refractivity contribution in [3.63, 3.8) is 0 Å². The summed E-state index contributed by atoms with van der Waals surface area (Å²) in [5, 5.41) is 9.08. The Balaban J connectivity index is 1.96. The van der Waals surface area contributed by atoms with E-state index in [2.05, 4.69) is 36.0 Å². The Labute approximate surface area is 117 Å². The van der Waals surface area contributed by atoms with Gasteiger partial charge in [-0.1, -0.05) is 32.5 Å². The molecule has 0 aliphatic rings. The second-order valence-corrected chi connectivity index (χ2v) is 6.44. The van der Waals surface area contributed by atoms with Crippen LogP contribution in [0.2, 0.25) is 0 Å². The minimum atomic E-state index is -0.0916. The van der Waals surface area contributed by atoms with E-state index in [-0.39, 0.29) is 5.41 Å². The normalized spacial score (nSPS) is 11.7. The van der Waals surface area contributed by atoms with E-state index >= 15 is 0 Å². The summed E-state index contributed by atoms with van der Waals surface area (Å²) in [7, 11) is 0. The van der Waals surface area contributed by atoms with Crippen LogP contribution in [0.5, 0.6) is 0 Å². The van der Waals surface area contributed by atoms with E-state index < -0.39 is 0 Å². The minimum Gasteiger partial charge on any atom is -0.336 e. The van der Waals surface area contributed by atoms with Gasteiger partial charge >= 0.3 is 0 Å². The lowest BCUT2D eigenvalue weighted by atomic mass is 9.96. The Bertz CT molecular complexity index is 530. The van der Waals surface area contributed by atoms with Crippen molar-refractivity contribution in [2.24, 2.45) is 0 Å². The first-order valence-electron chi connectivity index (χ1n) is 6.21. The molecular weight excluding hydrogens is 258 g/mol. The molecule has 0 radical (unpaired) electrons. The summed E-state index contributed by atoms with van der Waals surface area (Å²) in [4.78, 5) is 4.00. The highest BCUT2D eigenvalue weighted by atomic mass is 32.2. The zero-order chi connectivity index (χ0) is 13.9. The molecule has 0 fully saturated rings. The van der Waals surface area contributed by atoms with Crippen molar-refractivity contribution < 1.29 is 0 Å². The van der Waals surface area contributed by atoms with E-state index in [1.165, 1.54) is 5.56 Å². The van der Waals surface area contributed by atoms with Crippen LogP contribution in [0.4, 0.5) is 0 Å². The zero-order valence-corrected chi connectivity index (χ0v) is 12.3. The molecule has 0 saturated heterocycles. The monoisotopic (exact) mass is 277 g/mol. The lowest BCUT2D eigenvalue weighted by molar-refractivity contribution is 0.523. The molecule has 0 aliphatic heterocycles. The highest BCUT2D eigenvalue weighted by molar-refractivity contribution is 7.99. The number of nitrogens with zero attached hydrogens (tertiary/aromatic N) is 4. The number of thioether (sulfide) groups is 1. The Kier molecular flexibility index (Phi) is 4.09. The number of nitrogen functional groups attached to an aromatic ring is 1. The molecule has 2 N–H and O–H groups in total. The molecule has 2 aromatic heterocycles. The van der Waals surface area contributed by atoms with E-state index in [1.54, 1.807) is 16.4 Å². The van der Waals surface area contributed by atoms with E-state index in [9.17, 15) is 0 Å². The molecule has 0 aromatic carbocycles. The number of aromatic nitrogens is 4. The summed E-state index contributed by atoms with van der Waals surface area (Å²) in [6, 6.07) is 4.04. The molecule has 19 heavy (non-hydrogen) atoms. The van der Waals surface area contributed by atoms with Gasteiger partial charge in [-0.25, -0.2) is 4.68 Å². The third kappa shape index (κ3) is 3.47. The summed E-state index contributed by atoms with van der Waals surface area (Å²) < 4.78 is 1.59. The number of nitrogens with two attached hydrogens (primary N) is 1. The maximum Gasteiger partial charge on any atom is 0.209 e. The van der Waals surface area contributed by atoms with Crippen LogP contribution >= 0.6 is 11.8 Å². The quantitative estimate of drug-likeness (QED) is 0.684. The van der Waals surface area contributed by atoms with Crippen molar-refractivity contribution in [1.29, 1.82) is 0 Å². The van der Waals surface area contributed by atoms with Crippen molar-refractivity contribution in [3.05, 3.63) is 35.9 Å². The van der Waals surface area contributed by atoms with Crippen LogP contribution < -0.4 is 5.84 Å². The molecule has 0 unspecified atom stereocenters. The van der Waals surface area contributed by atoms with Crippen LogP contribution in [0.25, 0.3) is 0 Å². The summed E-state index contributed by atoms with van der Waals surface area (Å²) in [6.45, 7) is 6.23. The van der Waals surface area contributed by atoms with Gasteiger partial charge in [0.05, 0.1) is 0 Å². The van der Waals surface area contributed by atoms with Gasteiger partial charge in [-0.05, 0) is 24.1 Å². The van der Waals surface area contributed by atoms with Crippen LogP contribution in [0.15, 0.2) is 29.7 Å². The van der Waals surface area contributed by atoms with E-state index in [0.717, 1.165) is 23.2 Å². The summed E-state index contributed by atoms with van der Waals surface area (Å²) in [5.41, 5.74) is 1.17. The van der Waals surface area contributed by atoms with E-state index in [1.807, 2.05) is 24.5 Å². The number of aryl methyl sites for hydroxylation is 1. The second kappa shape index (κ2) is 5.61. The standard InChI is InChI=1S/C13H19N5S/c1-13(2,3)11-16-17-12(18(11)14)19-9-6-10-4-7-15-8-5-10/h4-5,7-8H,6,9,14H2,1-3H3. The fraction of sp³-hybridized carbons (Fsp3) is 0.462. The summed E-state index contributed by atoms with van der Waals surface area (Å²) in [5.74, 6) is 7.75. The Morgan fingerprint density at radius 3 is 2.47 bits per heavy atom. The van der Waals surface area contributed by atoms with Gasteiger partial charge in [0.1, 0.15) is 0 Å². The van der Waals surface area contributed by atoms with Crippen LogP contribution in [0, 0.1) is 0 Å². The fourth-order valence-corrected chi connectivity index (χ4v) is 2.54. The number of hydrogen-bond acceptors (Lipinski definition) is 5. The maximum atomic E-state index is 6.03. The fourth-order valence-electron chi connectivity index (χ4n) is 1.70. The zero-order valence-electron chi connectivity index (χ0n) is 11.5. The van der Waals surface area contributed by atoms with Crippen molar-refractivity contribution in [2.45, 2.75) is 37.8 Å². The van der Waals surface area contributed by atoms with Gasteiger partial charge in [0.25, 0.3) is 0 Å². The third-order valence-corrected chi connectivity index (χ3v) is 3.65. The molecule has 102 valence electrons. The molecule has 0 spiro atoms. The molecule has 2 aromatic rings. The van der Waals surface area contributed by atoms with Crippen molar-refractivity contribution in [3.8, 4) is 0 Å². The van der Waals surface area contributed by atoms with Gasteiger partial charge in [0.15, 0.2) is 5.82 Å². The van der Waals surface area contributed by atoms with Gasteiger partial charge in [-0.15, -0.1) is 10.2 Å². The van der Waals surface area contributed by atoms with Gasteiger partial charge in [-0.3, -0.25) is 4.98 Å². The smallest absolute Gasteiger partial charge is 0.209 e. The van der Waals surface area contributed by atoms with Crippen LogP contribution in [0.1, 0.15) is 32.2 Å². The topological polar surface area (TPSA) is 69.6 Å². The van der Waals surface area contributed by atoms with Crippen molar-refractivity contribution in [1.82, 2.24) is 19.9 Å². The molecule has 6 heteroatoms. The van der Waals surface area contributed by atoms with Gasteiger partial charge < -0.3 is 5.84 Å². The molecular formula is C13H19N5S. The van der Waals surface area contributed by atoms with Crippen LogP contribution in [0.3, 0.4) is 0 Å². The van der Waals surface area contributed by atoms with Crippen molar-refractivity contribution >= 4 is 11.8 Å². The molecule has 0 amide bonds. The van der Waals surface area contributed by atoms with Crippen molar-refractivity contribution in [2.75, 3.05) is 11.6 Å². The second-order valence-electron chi connectivity index (χ2n) is 5.38. The van der Waals surface area contributed by atoms with Gasteiger partial charge in [0, 0.05) is 23.6 Å². The summed E-state index contributed by atoms with van der Waals surface area (Å²) in [6.07, 6.45) is 4.58. The SMILES string of the molecule is CC(C)(C)c1nnc(SCCc2ccncc2)n1N. The maximum absolute atomic E-state index is 6.03. The Morgan fingerprint density at radius 1 is 1.21 bits per heavy atom. The lowest BCUT2D eigenvalue weighted by Crippen LogP contribution is -2.24. The first-order chi connectivity index (χ1) is 8.98. The Morgan fingerprint density at radius 2 is 1.89 bits per heavy atom.